The summed E-state index contributed by atoms with van der Waals surface area (Å²) in [5.74, 6) is 0.703. The number of pyridine rings is 2. The second kappa shape index (κ2) is 9.83. The van der Waals surface area contributed by atoms with E-state index in [0.29, 0.717) is 5.82 Å². The van der Waals surface area contributed by atoms with Crippen LogP contribution in [-0.2, 0) is 0 Å². The summed E-state index contributed by atoms with van der Waals surface area (Å²) in [4.78, 5) is 19.9. The maximum absolute atomic E-state index is 5.13. The fourth-order valence-corrected chi connectivity index (χ4v) is 5.27. The lowest BCUT2D eigenvalue weighted by molar-refractivity contribution is 1.18. The first kappa shape index (κ1) is 23.9. The van der Waals surface area contributed by atoms with Crippen molar-refractivity contribution in [3.05, 3.63) is 133 Å². The summed E-state index contributed by atoms with van der Waals surface area (Å²) >= 11 is 0. The van der Waals surface area contributed by atoms with Crippen molar-refractivity contribution in [2.45, 2.75) is 13.8 Å². The Labute approximate surface area is 233 Å². The molecular formula is C36H26N4. The first-order valence-corrected chi connectivity index (χ1v) is 13.4. The second-order valence-corrected chi connectivity index (χ2v) is 10.1. The Hall–Kier alpha value is -5.22. The predicted molar refractivity (Wildman–Crippen MR) is 164 cm³/mol. The molecule has 40 heavy (non-hydrogen) atoms. The summed E-state index contributed by atoms with van der Waals surface area (Å²) in [7, 11) is 0. The van der Waals surface area contributed by atoms with Crippen molar-refractivity contribution < 1.29 is 0 Å². The van der Waals surface area contributed by atoms with E-state index in [2.05, 4.69) is 79.7 Å². The topological polar surface area (TPSA) is 51.6 Å². The zero-order valence-corrected chi connectivity index (χ0v) is 22.3. The van der Waals surface area contributed by atoms with Crippen LogP contribution in [0.1, 0.15) is 11.3 Å². The normalized spacial score (nSPS) is 11.2. The van der Waals surface area contributed by atoms with Crippen molar-refractivity contribution in [2.75, 3.05) is 0 Å². The van der Waals surface area contributed by atoms with Gasteiger partial charge in [0.05, 0.1) is 28.1 Å². The van der Waals surface area contributed by atoms with Gasteiger partial charge in [0.1, 0.15) is 0 Å². The molecule has 4 nitrogen and oxygen atoms in total. The molecule has 0 fully saturated rings. The summed E-state index contributed by atoms with van der Waals surface area (Å²) in [6.45, 7) is 4.17. The summed E-state index contributed by atoms with van der Waals surface area (Å²) in [6.07, 6.45) is 0. The highest BCUT2D eigenvalue weighted by atomic mass is 14.9. The van der Waals surface area contributed by atoms with Gasteiger partial charge in [0.2, 0.25) is 0 Å². The third-order valence-corrected chi connectivity index (χ3v) is 7.26. The van der Waals surface area contributed by atoms with Crippen LogP contribution >= 0.6 is 0 Å². The van der Waals surface area contributed by atoms with Gasteiger partial charge in [0.15, 0.2) is 5.82 Å². The summed E-state index contributed by atoms with van der Waals surface area (Å²) in [5.41, 5.74) is 10.8. The van der Waals surface area contributed by atoms with Crippen LogP contribution in [0.3, 0.4) is 0 Å². The van der Waals surface area contributed by atoms with Crippen LogP contribution in [0, 0.1) is 13.8 Å². The largest absolute Gasteiger partial charge is 0.251 e. The predicted octanol–water partition coefficient (Wildman–Crippen LogP) is 8.86. The van der Waals surface area contributed by atoms with E-state index in [1.165, 1.54) is 5.56 Å². The highest BCUT2D eigenvalue weighted by Crippen LogP contribution is 2.32. The molecule has 0 aliphatic carbocycles. The van der Waals surface area contributed by atoms with Gasteiger partial charge >= 0.3 is 0 Å². The lowest BCUT2D eigenvalue weighted by Gasteiger charge is -2.11. The Morgan fingerprint density at radius 2 is 1.05 bits per heavy atom. The van der Waals surface area contributed by atoms with Gasteiger partial charge in [0.25, 0.3) is 0 Å². The number of aromatic nitrogens is 4. The van der Waals surface area contributed by atoms with E-state index < -0.39 is 0 Å². The van der Waals surface area contributed by atoms with Gasteiger partial charge in [-0.2, -0.15) is 0 Å². The number of benzene rings is 4. The van der Waals surface area contributed by atoms with Crippen molar-refractivity contribution in [1.82, 2.24) is 19.9 Å². The summed E-state index contributed by atoms with van der Waals surface area (Å²) in [5, 5.41) is 2.22. The monoisotopic (exact) mass is 514 g/mol. The first-order chi connectivity index (χ1) is 19.6. The third-order valence-electron chi connectivity index (χ3n) is 7.26. The zero-order chi connectivity index (χ0) is 27.1. The molecule has 0 aliphatic rings. The molecule has 0 radical (unpaired) electrons. The van der Waals surface area contributed by atoms with Crippen LogP contribution in [0.4, 0.5) is 0 Å². The molecule has 0 unspecified atom stereocenters. The molecule has 0 bridgehead atoms. The van der Waals surface area contributed by atoms with Crippen LogP contribution in [0.2, 0.25) is 0 Å². The molecule has 0 aliphatic heterocycles. The van der Waals surface area contributed by atoms with E-state index in [4.69, 9.17) is 19.9 Å². The fraction of sp³-hybridized carbons (Fsp3) is 0.0556. The van der Waals surface area contributed by atoms with Crippen molar-refractivity contribution >= 4 is 21.8 Å². The number of hydrogen-bond acceptors (Lipinski definition) is 4. The van der Waals surface area contributed by atoms with Gasteiger partial charge in [-0.15, -0.1) is 0 Å². The van der Waals surface area contributed by atoms with E-state index in [-0.39, 0.29) is 0 Å². The van der Waals surface area contributed by atoms with Crippen molar-refractivity contribution in [3.63, 3.8) is 0 Å². The van der Waals surface area contributed by atoms with E-state index in [0.717, 1.165) is 66.8 Å². The Balaban J connectivity index is 1.37. The number of rotatable bonds is 4. The minimum absolute atomic E-state index is 0.703. The van der Waals surface area contributed by atoms with Crippen LogP contribution in [0.15, 0.2) is 121 Å². The lowest BCUT2D eigenvalue weighted by atomic mass is 10.0. The molecular weight excluding hydrogens is 488 g/mol. The van der Waals surface area contributed by atoms with Gasteiger partial charge in [0, 0.05) is 38.7 Å². The molecule has 0 amide bonds. The van der Waals surface area contributed by atoms with Gasteiger partial charge in [-0.1, -0.05) is 97.1 Å². The van der Waals surface area contributed by atoms with Crippen molar-refractivity contribution in [1.29, 1.82) is 0 Å². The highest BCUT2D eigenvalue weighted by molar-refractivity contribution is 6.04. The fourth-order valence-electron chi connectivity index (χ4n) is 5.27. The SMILES string of the molecule is Cc1cc(C)c2ccc3ccc(-c4cccc(-c5cc(-c6ccccc6)nc(-c6ccccc6)n5)c4)nc3c2n1. The summed E-state index contributed by atoms with van der Waals surface area (Å²) in [6, 6.07) is 41.5. The molecule has 3 aromatic heterocycles. The molecule has 4 heteroatoms. The molecule has 0 spiro atoms. The molecule has 0 atom stereocenters. The van der Waals surface area contributed by atoms with Gasteiger partial charge < -0.3 is 0 Å². The minimum atomic E-state index is 0.703. The average Bonchev–Trinajstić information content (AvgIpc) is 3.01. The molecule has 0 N–H and O–H groups in total. The number of nitrogens with zero attached hydrogens (tertiary/aromatic N) is 4. The molecule has 3 heterocycles. The zero-order valence-electron chi connectivity index (χ0n) is 22.3. The molecule has 4 aromatic carbocycles. The standard InChI is InChI=1S/C36H26N4/c1-23-20-24(2)37-35-30(23)18-16-26-17-19-31(38-34(26)35)28-14-9-15-29(21-28)33-22-32(25-10-5-3-6-11-25)39-36(40-33)27-12-7-4-8-13-27/h3-22H,1-2H3. The van der Waals surface area contributed by atoms with Gasteiger partial charge in [-0.25, -0.2) is 15.0 Å². The Bertz CT molecular complexity index is 1960. The van der Waals surface area contributed by atoms with Crippen molar-refractivity contribution in [2.24, 2.45) is 0 Å². The Morgan fingerprint density at radius 3 is 1.80 bits per heavy atom. The van der Waals surface area contributed by atoms with Crippen LogP contribution in [0.5, 0.6) is 0 Å². The maximum Gasteiger partial charge on any atom is 0.160 e. The van der Waals surface area contributed by atoms with E-state index in [9.17, 15) is 0 Å². The summed E-state index contributed by atoms with van der Waals surface area (Å²) < 4.78 is 0. The van der Waals surface area contributed by atoms with E-state index in [1.807, 2.05) is 55.5 Å². The molecule has 190 valence electrons. The number of fused-ring (bicyclic) bond motifs is 3. The van der Waals surface area contributed by atoms with Gasteiger partial charge in [-0.05, 0) is 43.7 Å². The minimum Gasteiger partial charge on any atom is -0.251 e. The molecule has 7 rings (SSSR count). The maximum atomic E-state index is 5.13. The quantitative estimate of drug-likeness (QED) is 0.220. The van der Waals surface area contributed by atoms with Crippen LogP contribution < -0.4 is 0 Å². The van der Waals surface area contributed by atoms with Crippen LogP contribution in [-0.4, -0.2) is 19.9 Å². The average molecular weight is 515 g/mol. The molecule has 0 saturated heterocycles. The van der Waals surface area contributed by atoms with Crippen molar-refractivity contribution in [3.8, 4) is 45.2 Å². The number of hydrogen-bond donors (Lipinski definition) is 0. The smallest absolute Gasteiger partial charge is 0.160 e. The second-order valence-electron chi connectivity index (χ2n) is 10.1. The Morgan fingerprint density at radius 1 is 0.425 bits per heavy atom. The first-order valence-electron chi connectivity index (χ1n) is 13.4. The third kappa shape index (κ3) is 4.40. The van der Waals surface area contributed by atoms with Gasteiger partial charge in [-0.3, -0.25) is 4.98 Å². The van der Waals surface area contributed by atoms with Crippen LogP contribution in [0.25, 0.3) is 67.0 Å². The number of aryl methyl sites for hydroxylation is 2. The molecule has 0 saturated carbocycles. The highest BCUT2D eigenvalue weighted by Gasteiger charge is 2.13. The molecule has 7 aromatic rings. The lowest BCUT2D eigenvalue weighted by Crippen LogP contribution is -1.96. The van der Waals surface area contributed by atoms with E-state index in [1.54, 1.807) is 0 Å². The Kier molecular flexibility index (Phi) is 5.86. The van der Waals surface area contributed by atoms with E-state index >= 15 is 0 Å².